The van der Waals surface area contributed by atoms with Crippen molar-refractivity contribution >= 4 is 0 Å². The van der Waals surface area contributed by atoms with Crippen LogP contribution in [0.15, 0.2) is 55.1 Å². The lowest BCUT2D eigenvalue weighted by molar-refractivity contribution is 0.0909. The van der Waals surface area contributed by atoms with Crippen LogP contribution < -0.4 is 9.47 Å². The number of benzene rings is 1. The third-order valence-electron chi connectivity index (χ3n) is 7.00. The fourth-order valence-corrected chi connectivity index (χ4v) is 4.78. The molecule has 0 radical (unpaired) electrons. The number of nitrogens with zero attached hydrogens (tertiary/aromatic N) is 7. The Morgan fingerprint density at radius 2 is 1.97 bits per heavy atom. The maximum atomic E-state index is 14.1. The summed E-state index contributed by atoms with van der Waals surface area (Å²) in [6, 6.07) is 11.5. The number of piperidine rings is 1. The number of pyridine rings is 1. The van der Waals surface area contributed by atoms with Crippen LogP contribution in [-0.2, 0) is 26.2 Å². The Balaban J connectivity index is 1.13. The van der Waals surface area contributed by atoms with E-state index in [1.807, 2.05) is 43.0 Å². The number of nitriles is 1. The third kappa shape index (κ3) is 6.44. The lowest BCUT2D eigenvalue weighted by Crippen LogP contribution is -2.38. The summed E-state index contributed by atoms with van der Waals surface area (Å²) in [6.45, 7) is 8.58. The Bertz CT molecular complexity index is 1450. The molecule has 0 atom stereocenters. The molecule has 1 aliphatic rings. The van der Waals surface area contributed by atoms with Crippen molar-refractivity contribution in [1.29, 1.82) is 5.26 Å². The Morgan fingerprint density at radius 1 is 1.13 bits per heavy atom. The predicted octanol–water partition coefficient (Wildman–Crippen LogP) is 4.48. The van der Waals surface area contributed by atoms with Gasteiger partial charge in [-0.25, -0.2) is 19.3 Å². The van der Waals surface area contributed by atoms with Gasteiger partial charge in [0.25, 0.3) is 0 Å². The molecule has 39 heavy (non-hydrogen) atoms. The van der Waals surface area contributed by atoms with Gasteiger partial charge in [-0.1, -0.05) is 6.07 Å². The summed E-state index contributed by atoms with van der Waals surface area (Å²) in [4.78, 5) is 16.0. The summed E-state index contributed by atoms with van der Waals surface area (Å²) >= 11 is 0. The maximum Gasteiger partial charge on any atom is 0.213 e. The molecule has 10 heteroatoms. The first kappa shape index (κ1) is 26.4. The van der Waals surface area contributed by atoms with Gasteiger partial charge in [0.15, 0.2) is 11.6 Å². The molecular weight excluding hydrogens is 497 g/mol. The first-order chi connectivity index (χ1) is 19.0. The van der Waals surface area contributed by atoms with E-state index in [4.69, 9.17) is 19.7 Å². The minimum atomic E-state index is -0.571. The molecule has 1 aliphatic heterocycles. The van der Waals surface area contributed by atoms with E-state index in [1.54, 1.807) is 0 Å². The number of aryl methyl sites for hydroxylation is 2. The standard InChI is InChI=1S/C29H32FN7O2/c1-3-36-20-32-16-24(36)17-37-21(2)15-33-28(37)18-35-11-9-25(10-12-35)39-29-6-4-5-23(34-29)19-38-27-8-7-22(14-31)13-26(27)30/h4-8,13,15-16,20,25H,3,9-12,17-19H2,1-2H3. The zero-order valence-corrected chi connectivity index (χ0v) is 22.3. The highest BCUT2D eigenvalue weighted by Crippen LogP contribution is 2.22. The van der Waals surface area contributed by atoms with Crippen molar-refractivity contribution < 1.29 is 13.9 Å². The van der Waals surface area contributed by atoms with Gasteiger partial charge in [0.1, 0.15) is 18.5 Å². The number of likely N-dealkylation sites (tertiary alicyclic amines) is 1. The largest absolute Gasteiger partial charge is 0.484 e. The van der Waals surface area contributed by atoms with Gasteiger partial charge in [-0.15, -0.1) is 0 Å². The number of aromatic nitrogens is 5. The van der Waals surface area contributed by atoms with Crippen LogP contribution in [0, 0.1) is 24.1 Å². The van der Waals surface area contributed by atoms with Crippen LogP contribution in [-0.4, -0.2) is 48.2 Å². The lowest BCUT2D eigenvalue weighted by atomic mass is 10.1. The van der Waals surface area contributed by atoms with Gasteiger partial charge >= 0.3 is 0 Å². The molecule has 0 N–H and O–H groups in total. The summed E-state index contributed by atoms with van der Waals surface area (Å²) in [5.41, 5.74) is 3.21. The van der Waals surface area contributed by atoms with Gasteiger partial charge in [0, 0.05) is 43.8 Å². The molecule has 9 nitrogen and oxygen atoms in total. The smallest absolute Gasteiger partial charge is 0.213 e. The molecule has 4 aromatic rings. The highest BCUT2D eigenvalue weighted by atomic mass is 19.1. The van der Waals surface area contributed by atoms with Crippen LogP contribution in [0.3, 0.4) is 0 Å². The minimum absolute atomic E-state index is 0.0706. The first-order valence-corrected chi connectivity index (χ1v) is 13.2. The van der Waals surface area contributed by atoms with E-state index in [-0.39, 0.29) is 24.0 Å². The van der Waals surface area contributed by atoms with E-state index in [9.17, 15) is 4.39 Å². The lowest BCUT2D eigenvalue weighted by Gasteiger charge is -2.31. The van der Waals surface area contributed by atoms with Crippen LogP contribution in [0.1, 0.15) is 48.2 Å². The van der Waals surface area contributed by atoms with Crippen LogP contribution in [0.2, 0.25) is 0 Å². The van der Waals surface area contributed by atoms with Gasteiger partial charge in [0.2, 0.25) is 5.88 Å². The van der Waals surface area contributed by atoms with E-state index in [1.165, 1.54) is 17.8 Å². The summed E-state index contributed by atoms with van der Waals surface area (Å²) in [6.07, 6.45) is 7.59. The Labute approximate surface area is 227 Å². The van der Waals surface area contributed by atoms with Crippen LogP contribution in [0.25, 0.3) is 0 Å². The molecule has 5 rings (SSSR count). The molecule has 4 heterocycles. The summed E-state index contributed by atoms with van der Waals surface area (Å²) in [5.74, 6) is 1.11. The van der Waals surface area contributed by atoms with Gasteiger partial charge in [0.05, 0.1) is 42.4 Å². The number of rotatable bonds is 10. The average Bonchev–Trinajstić information content (AvgIpc) is 3.55. The molecule has 0 aliphatic carbocycles. The summed E-state index contributed by atoms with van der Waals surface area (Å²) in [5, 5.41) is 8.89. The number of halogens is 1. The molecule has 202 valence electrons. The van der Waals surface area contributed by atoms with Crippen molar-refractivity contribution in [3.63, 3.8) is 0 Å². The molecule has 1 saturated heterocycles. The Morgan fingerprint density at radius 3 is 2.74 bits per heavy atom. The molecule has 3 aromatic heterocycles. The fourth-order valence-electron chi connectivity index (χ4n) is 4.78. The van der Waals surface area contributed by atoms with Crippen molar-refractivity contribution in [2.45, 2.75) is 59.0 Å². The van der Waals surface area contributed by atoms with E-state index in [0.29, 0.717) is 11.6 Å². The van der Waals surface area contributed by atoms with Crippen molar-refractivity contribution in [3.8, 4) is 17.7 Å². The monoisotopic (exact) mass is 529 g/mol. The zero-order chi connectivity index (χ0) is 27.2. The highest BCUT2D eigenvalue weighted by Gasteiger charge is 2.23. The average molecular weight is 530 g/mol. The van der Waals surface area contributed by atoms with Crippen molar-refractivity contribution in [2.24, 2.45) is 0 Å². The van der Waals surface area contributed by atoms with Gasteiger partial charge in [-0.2, -0.15) is 5.26 Å². The first-order valence-electron chi connectivity index (χ1n) is 13.2. The third-order valence-corrected chi connectivity index (χ3v) is 7.00. The Kier molecular flexibility index (Phi) is 8.18. The molecule has 1 fully saturated rings. The number of hydrogen-bond acceptors (Lipinski definition) is 7. The van der Waals surface area contributed by atoms with E-state index in [0.717, 1.165) is 63.2 Å². The van der Waals surface area contributed by atoms with E-state index >= 15 is 0 Å². The number of hydrogen-bond donors (Lipinski definition) is 0. The zero-order valence-electron chi connectivity index (χ0n) is 22.3. The van der Waals surface area contributed by atoms with Crippen molar-refractivity contribution in [2.75, 3.05) is 13.1 Å². The minimum Gasteiger partial charge on any atom is -0.484 e. The van der Waals surface area contributed by atoms with Crippen LogP contribution >= 0.6 is 0 Å². The second-order valence-electron chi connectivity index (χ2n) is 9.68. The van der Waals surface area contributed by atoms with Gasteiger partial charge in [-0.05, 0) is 51.0 Å². The van der Waals surface area contributed by atoms with Crippen LogP contribution in [0.4, 0.5) is 4.39 Å². The number of imidazole rings is 2. The van der Waals surface area contributed by atoms with Crippen molar-refractivity contribution in [1.82, 2.24) is 29.0 Å². The molecule has 0 saturated carbocycles. The normalized spacial score (nSPS) is 14.3. The summed E-state index contributed by atoms with van der Waals surface area (Å²) in [7, 11) is 0. The maximum absolute atomic E-state index is 14.1. The molecule has 0 spiro atoms. The quantitative estimate of drug-likeness (QED) is 0.299. The second-order valence-corrected chi connectivity index (χ2v) is 9.68. The fraction of sp³-hybridized carbons (Fsp3) is 0.379. The van der Waals surface area contributed by atoms with Crippen molar-refractivity contribution in [3.05, 3.63) is 89.4 Å². The topological polar surface area (TPSA) is 94.0 Å². The van der Waals surface area contributed by atoms with Crippen LogP contribution in [0.5, 0.6) is 11.6 Å². The molecule has 1 aromatic carbocycles. The molecular formula is C29H32FN7O2. The van der Waals surface area contributed by atoms with Gasteiger partial charge in [-0.3, -0.25) is 4.90 Å². The van der Waals surface area contributed by atoms with E-state index in [2.05, 4.69) is 37.8 Å². The summed E-state index contributed by atoms with van der Waals surface area (Å²) < 4.78 is 30.3. The SMILES string of the molecule is CCn1cncc1Cn1c(C)cnc1CN1CCC(Oc2cccc(COc3ccc(C#N)cc3F)n2)CC1. The Hall–Kier alpha value is -4.23. The van der Waals surface area contributed by atoms with Gasteiger partial charge < -0.3 is 18.6 Å². The predicted molar refractivity (Wildman–Crippen MR) is 143 cm³/mol. The highest BCUT2D eigenvalue weighted by molar-refractivity contribution is 5.36. The number of ether oxygens (including phenoxy) is 2. The molecule has 0 amide bonds. The molecule has 0 bridgehead atoms. The second kappa shape index (κ2) is 12.1. The van der Waals surface area contributed by atoms with E-state index < -0.39 is 5.82 Å². The molecule has 0 unspecified atom stereocenters.